The van der Waals surface area contributed by atoms with Gasteiger partial charge in [-0.15, -0.1) is 0 Å². The van der Waals surface area contributed by atoms with Crippen LogP contribution in [0.5, 0.6) is 0 Å². The summed E-state index contributed by atoms with van der Waals surface area (Å²) in [5, 5.41) is 0. The Morgan fingerprint density at radius 2 is 1.95 bits per heavy atom. The molecule has 0 radical (unpaired) electrons. The number of carbonyl (C=O) groups is 1. The van der Waals surface area contributed by atoms with Crippen LogP contribution < -0.4 is 5.73 Å². The number of amides is 1. The topological polar surface area (TPSA) is 49.6 Å². The summed E-state index contributed by atoms with van der Waals surface area (Å²) in [4.78, 5) is 16.8. The van der Waals surface area contributed by atoms with Crippen molar-refractivity contribution < 1.29 is 4.79 Å². The summed E-state index contributed by atoms with van der Waals surface area (Å²) in [6.07, 6.45) is 6.80. The minimum absolute atomic E-state index is 0.299. The molecule has 1 saturated heterocycles. The molecule has 4 nitrogen and oxygen atoms in total. The van der Waals surface area contributed by atoms with Crippen LogP contribution >= 0.6 is 0 Å². The van der Waals surface area contributed by atoms with Gasteiger partial charge in [-0.25, -0.2) is 0 Å². The van der Waals surface area contributed by atoms with Crippen LogP contribution in [0, 0.1) is 0 Å². The van der Waals surface area contributed by atoms with Crippen molar-refractivity contribution in [1.29, 1.82) is 0 Å². The Balaban J connectivity index is 2.51. The molecule has 19 heavy (non-hydrogen) atoms. The molecule has 4 heteroatoms. The second-order valence-corrected chi connectivity index (χ2v) is 5.58. The van der Waals surface area contributed by atoms with Crippen LogP contribution in [0.25, 0.3) is 0 Å². The van der Waals surface area contributed by atoms with E-state index in [1.54, 1.807) is 0 Å². The number of hydrogen-bond acceptors (Lipinski definition) is 3. The molecule has 1 unspecified atom stereocenters. The van der Waals surface area contributed by atoms with Crippen LogP contribution in [0.15, 0.2) is 0 Å². The zero-order valence-corrected chi connectivity index (χ0v) is 12.7. The van der Waals surface area contributed by atoms with Gasteiger partial charge in [0.1, 0.15) is 0 Å². The second kappa shape index (κ2) is 9.32. The lowest BCUT2D eigenvalue weighted by Crippen LogP contribution is -2.47. The van der Waals surface area contributed by atoms with Crippen LogP contribution in [0.4, 0.5) is 0 Å². The molecule has 112 valence electrons. The van der Waals surface area contributed by atoms with Gasteiger partial charge in [-0.05, 0) is 45.2 Å². The highest BCUT2D eigenvalue weighted by atomic mass is 16.2. The number of piperidine rings is 1. The van der Waals surface area contributed by atoms with Crippen molar-refractivity contribution in [3.63, 3.8) is 0 Å². The van der Waals surface area contributed by atoms with E-state index in [9.17, 15) is 4.79 Å². The summed E-state index contributed by atoms with van der Waals surface area (Å²) >= 11 is 0. The van der Waals surface area contributed by atoms with E-state index in [1.807, 2.05) is 4.90 Å². The molecule has 1 amide bonds. The van der Waals surface area contributed by atoms with Gasteiger partial charge in [0.15, 0.2) is 0 Å². The van der Waals surface area contributed by atoms with Gasteiger partial charge in [0.25, 0.3) is 0 Å². The third kappa shape index (κ3) is 5.49. The zero-order valence-electron chi connectivity index (χ0n) is 12.7. The fourth-order valence-electron chi connectivity index (χ4n) is 2.96. The van der Waals surface area contributed by atoms with Crippen molar-refractivity contribution >= 4 is 5.91 Å². The molecule has 1 aliphatic heterocycles. The Hall–Kier alpha value is -0.610. The van der Waals surface area contributed by atoms with Gasteiger partial charge in [0.2, 0.25) is 5.91 Å². The summed E-state index contributed by atoms with van der Waals surface area (Å²) in [5.74, 6) is 0.299. The van der Waals surface area contributed by atoms with Gasteiger partial charge in [-0.3, -0.25) is 9.69 Å². The minimum atomic E-state index is 0.299. The summed E-state index contributed by atoms with van der Waals surface area (Å²) in [7, 11) is 0. The fourth-order valence-corrected chi connectivity index (χ4v) is 2.96. The molecule has 1 atom stereocenters. The molecule has 1 heterocycles. The number of nitrogens with zero attached hydrogens (tertiary/aromatic N) is 2. The fraction of sp³-hybridized carbons (Fsp3) is 0.933. The van der Waals surface area contributed by atoms with E-state index in [4.69, 9.17) is 5.73 Å². The second-order valence-electron chi connectivity index (χ2n) is 5.58. The van der Waals surface area contributed by atoms with E-state index < -0.39 is 0 Å². The Morgan fingerprint density at radius 3 is 2.53 bits per heavy atom. The number of carbonyl (C=O) groups excluding carboxylic acids is 1. The van der Waals surface area contributed by atoms with E-state index in [2.05, 4.69) is 18.7 Å². The highest BCUT2D eigenvalue weighted by molar-refractivity contribution is 5.78. The first-order chi connectivity index (χ1) is 9.22. The van der Waals surface area contributed by atoms with Crippen molar-refractivity contribution in [2.24, 2.45) is 5.73 Å². The summed E-state index contributed by atoms with van der Waals surface area (Å²) < 4.78 is 0. The summed E-state index contributed by atoms with van der Waals surface area (Å²) in [6, 6.07) is 0.521. The zero-order chi connectivity index (χ0) is 14.1. The average Bonchev–Trinajstić information content (AvgIpc) is 2.41. The van der Waals surface area contributed by atoms with Crippen LogP contribution in [-0.4, -0.2) is 54.5 Å². The standard InChI is InChI=1S/C15H31N3O/c1-3-10-17(11-4-2)15(19)13-18-12-6-5-7-14(18)8-9-16/h14H,3-13,16H2,1-2H3. The van der Waals surface area contributed by atoms with Gasteiger partial charge in [-0.2, -0.15) is 0 Å². The number of hydrogen-bond donors (Lipinski definition) is 1. The predicted octanol–water partition coefficient (Wildman–Crippen LogP) is 1.84. The quantitative estimate of drug-likeness (QED) is 0.731. The number of likely N-dealkylation sites (tertiary alicyclic amines) is 1. The summed E-state index contributed by atoms with van der Waals surface area (Å²) in [6.45, 7) is 8.42. The van der Waals surface area contributed by atoms with E-state index in [0.29, 0.717) is 18.5 Å². The first-order valence-corrected chi connectivity index (χ1v) is 7.94. The highest BCUT2D eigenvalue weighted by Gasteiger charge is 2.25. The van der Waals surface area contributed by atoms with Crippen LogP contribution in [0.1, 0.15) is 52.4 Å². The van der Waals surface area contributed by atoms with Crippen molar-refractivity contribution in [2.45, 2.75) is 58.4 Å². The Kier molecular flexibility index (Phi) is 8.07. The molecule has 0 bridgehead atoms. The Bertz CT molecular complexity index is 250. The molecule has 1 fully saturated rings. The van der Waals surface area contributed by atoms with Crippen LogP contribution in [-0.2, 0) is 4.79 Å². The molecule has 0 aliphatic carbocycles. The lowest BCUT2D eigenvalue weighted by molar-refractivity contribution is -0.133. The summed E-state index contributed by atoms with van der Waals surface area (Å²) in [5.41, 5.74) is 5.69. The maximum absolute atomic E-state index is 12.4. The van der Waals surface area contributed by atoms with E-state index >= 15 is 0 Å². The molecule has 0 aromatic rings. The molecule has 2 N–H and O–H groups in total. The number of rotatable bonds is 8. The Morgan fingerprint density at radius 1 is 1.26 bits per heavy atom. The lowest BCUT2D eigenvalue weighted by Gasteiger charge is -2.36. The molecule has 0 aromatic carbocycles. The van der Waals surface area contributed by atoms with Crippen molar-refractivity contribution in [1.82, 2.24) is 9.80 Å². The maximum Gasteiger partial charge on any atom is 0.236 e. The van der Waals surface area contributed by atoms with Crippen LogP contribution in [0.3, 0.4) is 0 Å². The molecule has 1 aliphatic rings. The molecule has 0 aromatic heterocycles. The SMILES string of the molecule is CCCN(CCC)C(=O)CN1CCCCC1CCN. The van der Waals surface area contributed by atoms with Crippen molar-refractivity contribution in [3.8, 4) is 0 Å². The first kappa shape index (κ1) is 16.4. The minimum Gasteiger partial charge on any atom is -0.342 e. The normalized spacial score (nSPS) is 20.5. The van der Waals surface area contributed by atoms with Gasteiger partial charge in [0.05, 0.1) is 6.54 Å². The third-order valence-electron chi connectivity index (χ3n) is 3.93. The first-order valence-electron chi connectivity index (χ1n) is 7.94. The predicted molar refractivity (Wildman–Crippen MR) is 80.0 cm³/mol. The largest absolute Gasteiger partial charge is 0.342 e. The monoisotopic (exact) mass is 269 g/mol. The van der Waals surface area contributed by atoms with Gasteiger partial charge in [-0.1, -0.05) is 20.3 Å². The average molecular weight is 269 g/mol. The lowest BCUT2D eigenvalue weighted by atomic mass is 9.99. The van der Waals surface area contributed by atoms with Gasteiger partial charge < -0.3 is 10.6 Å². The smallest absolute Gasteiger partial charge is 0.236 e. The van der Waals surface area contributed by atoms with E-state index in [0.717, 1.165) is 45.4 Å². The highest BCUT2D eigenvalue weighted by Crippen LogP contribution is 2.19. The molecule has 1 rings (SSSR count). The number of nitrogens with two attached hydrogens (primary N) is 1. The van der Waals surface area contributed by atoms with Crippen molar-refractivity contribution in [2.75, 3.05) is 32.7 Å². The van der Waals surface area contributed by atoms with Crippen molar-refractivity contribution in [3.05, 3.63) is 0 Å². The van der Waals surface area contributed by atoms with E-state index in [-0.39, 0.29) is 0 Å². The Labute approximate surface area is 118 Å². The molecule has 0 spiro atoms. The molecule has 0 saturated carbocycles. The molecular weight excluding hydrogens is 238 g/mol. The maximum atomic E-state index is 12.4. The van der Waals surface area contributed by atoms with E-state index in [1.165, 1.54) is 19.3 Å². The van der Waals surface area contributed by atoms with Gasteiger partial charge >= 0.3 is 0 Å². The van der Waals surface area contributed by atoms with Gasteiger partial charge in [0, 0.05) is 19.1 Å². The third-order valence-corrected chi connectivity index (χ3v) is 3.93. The molecular formula is C15H31N3O. The van der Waals surface area contributed by atoms with Crippen LogP contribution in [0.2, 0.25) is 0 Å².